The molecule has 0 spiro atoms. The highest BCUT2D eigenvalue weighted by Gasteiger charge is 2.13. The van der Waals surface area contributed by atoms with Crippen molar-refractivity contribution < 1.29 is 14.7 Å². The first kappa shape index (κ1) is 12.0. The van der Waals surface area contributed by atoms with Crippen molar-refractivity contribution in [2.24, 2.45) is 5.92 Å². The fourth-order valence-electron chi connectivity index (χ4n) is 0.987. The fraction of sp³-hybridized carbons (Fsp3) is 0.500. The van der Waals surface area contributed by atoms with Gasteiger partial charge in [0.15, 0.2) is 0 Å². The van der Waals surface area contributed by atoms with Crippen LogP contribution in [0.25, 0.3) is 0 Å². The summed E-state index contributed by atoms with van der Waals surface area (Å²) in [7, 11) is 0. The highest BCUT2D eigenvalue weighted by molar-refractivity contribution is 5.90. The van der Waals surface area contributed by atoms with Crippen LogP contribution >= 0.6 is 0 Å². The molecular weight excluding hydrogens is 216 g/mol. The topological polar surface area (TPSA) is 128 Å². The van der Waals surface area contributed by atoms with Crippen molar-refractivity contribution in [3.05, 3.63) is 16.3 Å². The van der Waals surface area contributed by atoms with E-state index >= 15 is 0 Å². The molecule has 0 aliphatic carbocycles. The summed E-state index contributed by atoms with van der Waals surface area (Å²) in [5.41, 5.74) is -0.566. The van der Waals surface area contributed by atoms with Crippen molar-refractivity contribution >= 4 is 11.9 Å². The zero-order chi connectivity index (χ0) is 12.1. The molecule has 0 aliphatic heterocycles. The van der Waals surface area contributed by atoms with Crippen LogP contribution in [0.5, 0.6) is 0 Å². The summed E-state index contributed by atoms with van der Waals surface area (Å²) < 4.78 is 0. The van der Waals surface area contributed by atoms with Gasteiger partial charge in [0.1, 0.15) is 0 Å². The van der Waals surface area contributed by atoms with E-state index in [9.17, 15) is 14.4 Å². The maximum absolute atomic E-state index is 11.3. The minimum absolute atomic E-state index is 0.118. The molecule has 0 aliphatic rings. The Morgan fingerprint density at radius 2 is 2.25 bits per heavy atom. The lowest BCUT2D eigenvalue weighted by molar-refractivity contribution is -0.141. The summed E-state index contributed by atoms with van der Waals surface area (Å²) in [6, 6.07) is 0. The minimum Gasteiger partial charge on any atom is -0.481 e. The summed E-state index contributed by atoms with van der Waals surface area (Å²) >= 11 is 0. The monoisotopic (exact) mass is 228 g/mol. The summed E-state index contributed by atoms with van der Waals surface area (Å²) in [6.07, 6.45) is 0.315. The Kier molecular flexibility index (Phi) is 3.81. The Morgan fingerprint density at radius 3 is 2.75 bits per heavy atom. The molecule has 1 amide bonds. The number of aromatic nitrogens is 3. The van der Waals surface area contributed by atoms with Gasteiger partial charge in [-0.25, -0.2) is 9.89 Å². The molecule has 0 unspecified atom stereocenters. The van der Waals surface area contributed by atoms with Gasteiger partial charge in [0.05, 0.1) is 5.92 Å². The smallest absolute Gasteiger partial charge is 0.341 e. The molecule has 0 radical (unpaired) electrons. The number of nitrogens with one attached hydrogen (secondary N) is 3. The molecule has 1 atom stereocenters. The van der Waals surface area contributed by atoms with Gasteiger partial charge >= 0.3 is 11.7 Å². The maximum atomic E-state index is 11.3. The van der Waals surface area contributed by atoms with Crippen LogP contribution in [0.1, 0.15) is 24.0 Å². The number of H-pyrrole nitrogens is 2. The number of carboxylic acids is 1. The van der Waals surface area contributed by atoms with E-state index in [1.165, 1.54) is 0 Å². The first-order valence-electron chi connectivity index (χ1n) is 4.66. The molecule has 88 valence electrons. The molecule has 8 nitrogen and oxygen atoms in total. The van der Waals surface area contributed by atoms with E-state index in [0.29, 0.717) is 6.42 Å². The normalized spacial score (nSPS) is 12.1. The number of rotatable bonds is 5. The van der Waals surface area contributed by atoms with Gasteiger partial charge in [0, 0.05) is 6.54 Å². The van der Waals surface area contributed by atoms with Crippen LogP contribution in [0.2, 0.25) is 0 Å². The molecule has 1 aromatic rings. The van der Waals surface area contributed by atoms with E-state index in [4.69, 9.17) is 5.11 Å². The number of carboxylic acid groups (broad SMARTS) is 1. The molecule has 1 heterocycles. The second-order valence-electron chi connectivity index (χ2n) is 3.31. The quantitative estimate of drug-likeness (QED) is 0.510. The number of carbonyl (C=O) groups is 2. The average molecular weight is 228 g/mol. The number of aromatic amines is 2. The lowest BCUT2D eigenvalue weighted by atomic mass is 10.1. The summed E-state index contributed by atoms with van der Waals surface area (Å²) in [5, 5.41) is 16.5. The number of nitrogens with zero attached hydrogens (tertiary/aromatic N) is 1. The van der Waals surface area contributed by atoms with Gasteiger partial charge in [-0.3, -0.25) is 14.6 Å². The molecule has 1 aromatic heterocycles. The minimum atomic E-state index is -0.914. The Balaban J connectivity index is 2.36. The first-order chi connectivity index (χ1) is 7.50. The van der Waals surface area contributed by atoms with E-state index in [1.54, 1.807) is 6.92 Å². The zero-order valence-electron chi connectivity index (χ0n) is 8.61. The molecule has 4 N–H and O–H groups in total. The molecule has 16 heavy (non-hydrogen) atoms. The van der Waals surface area contributed by atoms with Crippen LogP contribution in [0.3, 0.4) is 0 Å². The third-order valence-electron chi connectivity index (χ3n) is 2.00. The van der Waals surface area contributed by atoms with Crippen LogP contribution in [-0.4, -0.2) is 38.7 Å². The van der Waals surface area contributed by atoms with E-state index in [2.05, 4.69) is 20.5 Å². The van der Waals surface area contributed by atoms with Crippen LogP contribution in [-0.2, 0) is 4.79 Å². The lowest BCUT2D eigenvalue weighted by Gasteiger charge is -2.06. The third kappa shape index (κ3) is 3.23. The molecule has 0 fully saturated rings. The number of hydrogen-bond acceptors (Lipinski definition) is 4. The van der Waals surface area contributed by atoms with Crippen LogP contribution in [0, 0.1) is 5.92 Å². The molecule has 0 aromatic carbocycles. The van der Waals surface area contributed by atoms with Crippen LogP contribution < -0.4 is 11.0 Å². The molecule has 0 bridgehead atoms. The second kappa shape index (κ2) is 5.10. The molecule has 1 rings (SSSR count). The molecular formula is C8H12N4O4. The zero-order valence-corrected chi connectivity index (χ0v) is 8.61. The largest absolute Gasteiger partial charge is 0.481 e. The summed E-state index contributed by atoms with van der Waals surface area (Å²) in [6.45, 7) is 1.76. The van der Waals surface area contributed by atoms with E-state index in [1.807, 2.05) is 0 Å². The third-order valence-corrected chi connectivity index (χ3v) is 2.00. The molecule has 0 saturated carbocycles. The summed E-state index contributed by atoms with van der Waals surface area (Å²) in [4.78, 5) is 34.6. The van der Waals surface area contributed by atoms with Crippen molar-refractivity contribution in [3.8, 4) is 0 Å². The molecule has 8 heteroatoms. The van der Waals surface area contributed by atoms with Gasteiger partial charge in [-0.2, -0.15) is 0 Å². The van der Waals surface area contributed by atoms with Gasteiger partial charge in [-0.05, 0) is 6.42 Å². The van der Waals surface area contributed by atoms with Crippen molar-refractivity contribution in [1.29, 1.82) is 0 Å². The highest BCUT2D eigenvalue weighted by Crippen LogP contribution is 1.99. The van der Waals surface area contributed by atoms with Crippen LogP contribution in [0.4, 0.5) is 0 Å². The predicted octanol–water partition coefficient (Wildman–Crippen LogP) is -1.06. The van der Waals surface area contributed by atoms with Crippen molar-refractivity contribution in [1.82, 2.24) is 20.5 Å². The van der Waals surface area contributed by atoms with E-state index in [0.717, 1.165) is 0 Å². The fourth-order valence-corrected chi connectivity index (χ4v) is 0.987. The summed E-state index contributed by atoms with van der Waals surface area (Å²) in [5.74, 6) is -2.11. The maximum Gasteiger partial charge on any atom is 0.341 e. The van der Waals surface area contributed by atoms with Crippen molar-refractivity contribution in [3.63, 3.8) is 0 Å². The SMILES string of the molecule is C[C@H](CCNC(=O)c1n[nH]c(=O)[nH]1)C(=O)O. The Labute approximate surface area is 90.1 Å². The van der Waals surface area contributed by atoms with Gasteiger partial charge in [-0.1, -0.05) is 6.92 Å². The molecule has 0 saturated heterocycles. The van der Waals surface area contributed by atoms with Gasteiger partial charge in [0.2, 0.25) is 5.82 Å². The van der Waals surface area contributed by atoms with Gasteiger partial charge in [0.25, 0.3) is 5.91 Å². The van der Waals surface area contributed by atoms with Crippen molar-refractivity contribution in [2.45, 2.75) is 13.3 Å². The Morgan fingerprint density at radius 1 is 1.56 bits per heavy atom. The van der Waals surface area contributed by atoms with Gasteiger partial charge < -0.3 is 10.4 Å². The van der Waals surface area contributed by atoms with E-state index < -0.39 is 23.5 Å². The number of hydrogen-bond donors (Lipinski definition) is 4. The van der Waals surface area contributed by atoms with Crippen molar-refractivity contribution in [2.75, 3.05) is 6.54 Å². The highest BCUT2D eigenvalue weighted by atomic mass is 16.4. The van der Waals surface area contributed by atoms with Crippen LogP contribution in [0.15, 0.2) is 4.79 Å². The number of aliphatic carboxylic acids is 1. The predicted molar refractivity (Wildman–Crippen MR) is 53.0 cm³/mol. The Hall–Kier alpha value is -2.12. The number of carbonyl (C=O) groups excluding carboxylic acids is 1. The second-order valence-corrected chi connectivity index (χ2v) is 3.31. The number of amides is 1. The first-order valence-corrected chi connectivity index (χ1v) is 4.66. The lowest BCUT2D eigenvalue weighted by Crippen LogP contribution is -2.28. The average Bonchev–Trinajstić information content (AvgIpc) is 2.64. The van der Waals surface area contributed by atoms with Gasteiger partial charge in [-0.15, -0.1) is 5.10 Å². The Bertz CT molecular complexity index is 435. The van der Waals surface area contributed by atoms with E-state index in [-0.39, 0.29) is 12.4 Å². The standard InChI is InChI=1S/C8H12N4O4/c1-4(7(14)15)2-3-9-6(13)5-10-8(16)12-11-5/h4H,2-3H2,1H3,(H,9,13)(H,14,15)(H2,10,11,12,16)/t4-/m1/s1.